The maximum Gasteiger partial charge on any atom is 0.226 e. The molecule has 0 saturated carbocycles. The molecule has 2 heterocycles. The number of aryl methyl sites for hydroxylation is 2. The molecule has 8 heteroatoms. The van der Waals surface area contributed by atoms with Crippen molar-refractivity contribution in [3.8, 4) is 11.4 Å². The van der Waals surface area contributed by atoms with Gasteiger partial charge in [0.05, 0.1) is 0 Å². The van der Waals surface area contributed by atoms with E-state index in [0.29, 0.717) is 28.5 Å². The maximum absolute atomic E-state index is 12.5. The van der Waals surface area contributed by atoms with Crippen molar-refractivity contribution in [2.75, 3.05) is 5.32 Å². The second-order valence-electron chi connectivity index (χ2n) is 6.82. The molecule has 0 radical (unpaired) electrons. The maximum atomic E-state index is 12.5. The lowest BCUT2D eigenvalue weighted by Crippen LogP contribution is -2.15. The van der Waals surface area contributed by atoms with Crippen molar-refractivity contribution in [1.29, 1.82) is 0 Å². The molecule has 7 nitrogen and oxygen atoms in total. The van der Waals surface area contributed by atoms with Gasteiger partial charge in [-0.05, 0) is 43.4 Å². The highest BCUT2D eigenvalue weighted by Gasteiger charge is 2.12. The fraction of sp³-hybridized carbons (Fsp3) is 0.238. The van der Waals surface area contributed by atoms with Crippen LogP contribution in [-0.2, 0) is 17.8 Å². The van der Waals surface area contributed by atoms with Gasteiger partial charge in [0.15, 0.2) is 22.1 Å². The smallest absolute Gasteiger partial charge is 0.226 e. The Morgan fingerprint density at radius 2 is 2.14 bits per heavy atom. The number of rotatable bonds is 6. The first-order valence-corrected chi connectivity index (χ1v) is 9.86. The number of carbonyl (C=O) groups excluding carboxylic acids is 1. The van der Waals surface area contributed by atoms with Crippen molar-refractivity contribution in [3.05, 3.63) is 58.7 Å². The molecule has 4 aromatic rings. The highest BCUT2D eigenvalue weighted by Crippen LogP contribution is 2.21. The average Bonchev–Trinajstić information content (AvgIpc) is 3.29. The molecule has 0 bridgehead atoms. The van der Waals surface area contributed by atoms with E-state index in [0.717, 1.165) is 28.9 Å². The summed E-state index contributed by atoms with van der Waals surface area (Å²) >= 11 is 5.35. The van der Waals surface area contributed by atoms with E-state index >= 15 is 0 Å². The molecule has 2 aromatic carbocycles. The predicted octanol–water partition coefficient (Wildman–Crippen LogP) is 4.65. The molecule has 148 valence electrons. The fourth-order valence-corrected chi connectivity index (χ4v) is 3.39. The number of hydrogen-bond donors (Lipinski definition) is 2. The minimum absolute atomic E-state index is 0.109. The molecule has 0 aliphatic carbocycles. The van der Waals surface area contributed by atoms with Gasteiger partial charge in [-0.15, -0.1) is 0 Å². The van der Waals surface area contributed by atoms with Crippen LogP contribution in [-0.4, -0.2) is 25.7 Å². The van der Waals surface area contributed by atoms with Crippen molar-refractivity contribution in [1.82, 2.24) is 19.7 Å². The number of anilines is 1. The molecule has 0 unspecified atom stereocenters. The number of nitrogens with zero attached hydrogens (tertiary/aromatic N) is 3. The van der Waals surface area contributed by atoms with Gasteiger partial charge in [-0.25, -0.2) is 4.98 Å². The lowest BCUT2D eigenvalue weighted by molar-refractivity contribution is -0.116. The summed E-state index contributed by atoms with van der Waals surface area (Å²) < 4.78 is 7.94. The van der Waals surface area contributed by atoms with E-state index in [1.165, 1.54) is 0 Å². The zero-order valence-electron chi connectivity index (χ0n) is 16.2. The minimum Gasteiger partial charge on any atom is -0.441 e. The Morgan fingerprint density at radius 3 is 2.93 bits per heavy atom. The van der Waals surface area contributed by atoms with Gasteiger partial charge in [-0.2, -0.15) is 5.10 Å². The molecule has 1 amide bonds. The van der Waals surface area contributed by atoms with E-state index in [2.05, 4.69) is 20.5 Å². The number of aromatic nitrogens is 4. The quantitative estimate of drug-likeness (QED) is 0.454. The third-order valence-corrected chi connectivity index (χ3v) is 4.93. The fourth-order valence-electron chi connectivity index (χ4n) is 3.17. The number of nitrogens with one attached hydrogen (secondary N) is 2. The van der Waals surface area contributed by atoms with E-state index in [4.69, 9.17) is 16.6 Å². The summed E-state index contributed by atoms with van der Waals surface area (Å²) in [5, 5.41) is 10.1. The van der Waals surface area contributed by atoms with Crippen molar-refractivity contribution < 1.29 is 9.21 Å². The van der Waals surface area contributed by atoms with Gasteiger partial charge in [-0.3, -0.25) is 14.5 Å². The van der Waals surface area contributed by atoms with Crippen LogP contribution in [0, 0.1) is 11.7 Å². The first kappa shape index (κ1) is 19.1. The monoisotopic (exact) mass is 407 g/mol. The molecule has 29 heavy (non-hydrogen) atoms. The summed E-state index contributed by atoms with van der Waals surface area (Å²) in [4.78, 5) is 16.9. The third kappa shape index (κ3) is 4.12. The van der Waals surface area contributed by atoms with E-state index < -0.39 is 0 Å². The van der Waals surface area contributed by atoms with Crippen LogP contribution in [0.2, 0.25) is 0 Å². The molecule has 4 rings (SSSR count). The summed E-state index contributed by atoms with van der Waals surface area (Å²) in [5.41, 5.74) is 4.23. The number of benzene rings is 2. The summed E-state index contributed by atoms with van der Waals surface area (Å²) in [6.07, 6.45) is 0.995. The van der Waals surface area contributed by atoms with Crippen LogP contribution in [0.4, 0.5) is 5.69 Å². The van der Waals surface area contributed by atoms with Crippen LogP contribution in [0.1, 0.15) is 24.8 Å². The Hall–Kier alpha value is -3.26. The number of H-pyrrole nitrogens is 1. The number of aromatic amines is 1. The summed E-state index contributed by atoms with van der Waals surface area (Å²) in [6, 6.07) is 13.5. The van der Waals surface area contributed by atoms with Crippen LogP contribution >= 0.6 is 12.2 Å². The molecule has 0 spiro atoms. The van der Waals surface area contributed by atoms with Crippen LogP contribution in [0.3, 0.4) is 0 Å². The molecule has 0 saturated heterocycles. The van der Waals surface area contributed by atoms with Crippen molar-refractivity contribution >= 4 is 34.9 Å². The molecule has 2 aromatic heterocycles. The Kier molecular flexibility index (Phi) is 5.26. The lowest BCUT2D eigenvalue weighted by Gasteiger charge is -2.08. The van der Waals surface area contributed by atoms with Crippen LogP contribution in [0.15, 0.2) is 46.9 Å². The second kappa shape index (κ2) is 8.00. The summed E-state index contributed by atoms with van der Waals surface area (Å²) in [5.74, 6) is 1.30. The molecular formula is C21H21N5O2S. The molecule has 0 atom stereocenters. The molecular weight excluding hydrogens is 386 g/mol. The number of carbonyl (C=O) groups is 1. The highest BCUT2D eigenvalue weighted by atomic mass is 32.1. The van der Waals surface area contributed by atoms with Gasteiger partial charge in [0.1, 0.15) is 5.52 Å². The van der Waals surface area contributed by atoms with Crippen LogP contribution < -0.4 is 5.32 Å². The van der Waals surface area contributed by atoms with Crippen LogP contribution in [0.25, 0.3) is 22.5 Å². The number of amides is 1. The number of fused-ring (bicyclic) bond motifs is 1. The standard InChI is InChI=1S/C21H21N5O2S/c1-3-19-23-16-12-15(7-8-17(16)28-19)22-18(27)9-10-26-20(24-25-21(26)29)14-6-4-5-13(2)11-14/h4-8,11-12H,3,9-10H2,1-2H3,(H,22,27)(H,25,29). The summed E-state index contributed by atoms with van der Waals surface area (Å²) in [7, 11) is 0. The normalized spacial score (nSPS) is 11.1. The molecule has 0 aliphatic rings. The van der Waals surface area contributed by atoms with Gasteiger partial charge >= 0.3 is 0 Å². The Bertz CT molecular complexity index is 1240. The van der Waals surface area contributed by atoms with Gasteiger partial charge in [0, 0.05) is 30.6 Å². The minimum atomic E-state index is -0.109. The van der Waals surface area contributed by atoms with Crippen molar-refractivity contribution in [2.24, 2.45) is 0 Å². The van der Waals surface area contributed by atoms with E-state index in [9.17, 15) is 4.79 Å². The van der Waals surface area contributed by atoms with Gasteiger partial charge in [0.2, 0.25) is 5.91 Å². The van der Waals surface area contributed by atoms with Gasteiger partial charge in [0.25, 0.3) is 0 Å². The lowest BCUT2D eigenvalue weighted by atomic mass is 10.1. The zero-order chi connectivity index (χ0) is 20.4. The average molecular weight is 407 g/mol. The number of hydrogen-bond acceptors (Lipinski definition) is 5. The Balaban J connectivity index is 1.46. The Morgan fingerprint density at radius 1 is 1.28 bits per heavy atom. The largest absolute Gasteiger partial charge is 0.441 e. The van der Waals surface area contributed by atoms with E-state index in [1.807, 2.05) is 60.9 Å². The van der Waals surface area contributed by atoms with E-state index in [-0.39, 0.29) is 12.3 Å². The molecule has 2 N–H and O–H groups in total. The first-order valence-electron chi connectivity index (χ1n) is 9.45. The molecule has 0 fully saturated rings. The second-order valence-corrected chi connectivity index (χ2v) is 7.20. The highest BCUT2D eigenvalue weighted by molar-refractivity contribution is 7.71. The topological polar surface area (TPSA) is 88.7 Å². The SMILES string of the molecule is CCc1nc2cc(NC(=O)CCn3c(-c4cccc(C)c4)n[nH]c3=S)ccc2o1. The van der Waals surface area contributed by atoms with Gasteiger partial charge < -0.3 is 9.73 Å². The van der Waals surface area contributed by atoms with E-state index in [1.54, 1.807) is 0 Å². The van der Waals surface area contributed by atoms with Crippen LogP contribution in [0.5, 0.6) is 0 Å². The molecule has 0 aliphatic heterocycles. The van der Waals surface area contributed by atoms with Crippen molar-refractivity contribution in [2.45, 2.75) is 33.2 Å². The number of oxazole rings is 1. The third-order valence-electron chi connectivity index (χ3n) is 4.62. The predicted molar refractivity (Wildman–Crippen MR) is 114 cm³/mol. The summed E-state index contributed by atoms with van der Waals surface area (Å²) in [6.45, 7) is 4.44. The first-order chi connectivity index (χ1) is 14.0. The van der Waals surface area contributed by atoms with Gasteiger partial charge in [-0.1, -0.05) is 30.7 Å². The zero-order valence-corrected chi connectivity index (χ0v) is 17.0. The Labute approximate surface area is 172 Å². The van der Waals surface area contributed by atoms with Crippen molar-refractivity contribution in [3.63, 3.8) is 0 Å².